The highest BCUT2D eigenvalue weighted by Crippen LogP contribution is 2.27. The van der Waals surface area contributed by atoms with Gasteiger partial charge in [0.25, 0.3) is 5.91 Å². The van der Waals surface area contributed by atoms with E-state index in [9.17, 15) is 9.59 Å². The Morgan fingerprint density at radius 1 is 1.26 bits per heavy atom. The first-order valence-corrected chi connectivity index (χ1v) is 10.6. The first-order chi connectivity index (χ1) is 12.9. The molecule has 2 rings (SSSR count). The van der Waals surface area contributed by atoms with Gasteiger partial charge in [0.1, 0.15) is 5.25 Å². The Balaban J connectivity index is 1.83. The van der Waals surface area contributed by atoms with Crippen molar-refractivity contribution in [2.24, 2.45) is 11.8 Å². The van der Waals surface area contributed by atoms with Crippen LogP contribution in [0.1, 0.15) is 44.0 Å². The summed E-state index contributed by atoms with van der Waals surface area (Å²) < 4.78 is 4.77. The molecule has 1 aromatic carbocycles. The topological polar surface area (TPSA) is 58.6 Å². The molecule has 1 aromatic rings. The van der Waals surface area contributed by atoms with E-state index < -0.39 is 0 Å². The minimum absolute atomic E-state index is 0.0875. The standard InChI is InChI=1S/C21H32N2O3S/c1-15-12-16(2)14-23(13-15)11-7-10-22-20(24)18-8-5-6-9-19(18)27-17(3)21(25)26-4/h5-6,8-9,15-17H,7,10-14H2,1-4H3,(H,22,24). The second-order valence-electron chi connectivity index (χ2n) is 7.59. The van der Waals surface area contributed by atoms with Crippen molar-refractivity contribution in [3.8, 4) is 0 Å². The Bertz CT molecular complexity index is 628. The number of ether oxygens (including phenoxy) is 1. The predicted octanol–water partition coefficient (Wildman–Crippen LogP) is 3.44. The zero-order chi connectivity index (χ0) is 19.8. The van der Waals surface area contributed by atoms with Gasteiger partial charge in [-0.2, -0.15) is 0 Å². The average Bonchev–Trinajstić information content (AvgIpc) is 2.64. The maximum atomic E-state index is 12.6. The van der Waals surface area contributed by atoms with Crippen molar-refractivity contribution in [2.75, 3.05) is 33.3 Å². The van der Waals surface area contributed by atoms with Gasteiger partial charge in [-0.25, -0.2) is 0 Å². The molecule has 0 spiro atoms. The summed E-state index contributed by atoms with van der Waals surface area (Å²) in [5, 5.41) is 2.67. The van der Waals surface area contributed by atoms with Crippen LogP contribution in [0.15, 0.2) is 29.2 Å². The molecule has 1 N–H and O–H groups in total. The summed E-state index contributed by atoms with van der Waals surface area (Å²) in [6, 6.07) is 7.39. The lowest BCUT2D eigenvalue weighted by atomic mass is 9.92. The van der Waals surface area contributed by atoms with E-state index >= 15 is 0 Å². The van der Waals surface area contributed by atoms with Crippen LogP contribution >= 0.6 is 11.8 Å². The fraction of sp³-hybridized carbons (Fsp3) is 0.619. The smallest absolute Gasteiger partial charge is 0.318 e. The van der Waals surface area contributed by atoms with Crippen LogP contribution < -0.4 is 5.32 Å². The van der Waals surface area contributed by atoms with Crippen molar-refractivity contribution in [3.63, 3.8) is 0 Å². The van der Waals surface area contributed by atoms with E-state index in [1.165, 1.54) is 25.3 Å². The van der Waals surface area contributed by atoms with Crippen LogP contribution in [0.25, 0.3) is 0 Å². The van der Waals surface area contributed by atoms with Crippen LogP contribution in [0, 0.1) is 11.8 Å². The summed E-state index contributed by atoms with van der Waals surface area (Å²) in [5.41, 5.74) is 0.610. The molecule has 0 aliphatic carbocycles. The molecule has 1 saturated heterocycles. The number of carbonyl (C=O) groups excluding carboxylic acids is 2. The number of amides is 1. The van der Waals surface area contributed by atoms with Crippen LogP contribution in [0.5, 0.6) is 0 Å². The Labute approximate surface area is 167 Å². The van der Waals surface area contributed by atoms with E-state index in [-0.39, 0.29) is 17.1 Å². The molecule has 3 unspecified atom stereocenters. The van der Waals surface area contributed by atoms with E-state index in [1.807, 2.05) is 18.2 Å². The van der Waals surface area contributed by atoms with Crippen LogP contribution in [-0.2, 0) is 9.53 Å². The van der Waals surface area contributed by atoms with Crippen molar-refractivity contribution < 1.29 is 14.3 Å². The van der Waals surface area contributed by atoms with Crippen LogP contribution in [0.3, 0.4) is 0 Å². The summed E-state index contributed by atoms with van der Waals surface area (Å²) in [5.74, 6) is 1.13. The molecular formula is C21H32N2O3S. The molecule has 150 valence electrons. The van der Waals surface area contributed by atoms with Crippen molar-refractivity contribution in [3.05, 3.63) is 29.8 Å². The quantitative estimate of drug-likeness (QED) is 0.417. The molecule has 27 heavy (non-hydrogen) atoms. The Hall–Kier alpha value is -1.53. The van der Waals surface area contributed by atoms with E-state index in [4.69, 9.17) is 4.74 Å². The van der Waals surface area contributed by atoms with Crippen molar-refractivity contribution >= 4 is 23.6 Å². The Kier molecular flexibility index (Phi) is 8.64. The number of hydrogen-bond acceptors (Lipinski definition) is 5. The number of methoxy groups -OCH3 is 1. The number of likely N-dealkylation sites (tertiary alicyclic amines) is 1. The molecule has 0 aromatic heterocycles. The number of piperidine rings is 1. The third-order valence-corrected chi connectivity index (χ3v) is 6.01. The number of nitrogens with one attached hydrogen (secondary N) is 1. The van der Waals surface area contributed by atoms with E-state index in [0.717, 1.165) is 42.8 Å². The minimum atomic E-state index is -0.355. The molecule has 1 heterocycles. The summed E-state index contributed by atoms with van der Waals surface area (Å²) in [4.78, 5) is 27.5. The second-order valence-corrected chi connectivity index (χ2v) is 8.98. The van der Waals surface area contributed by atoms with Gasteiger partial charge in [-0.3, -0.25) is 9.59 Å². The van der Waals surface area contributed by atoms with Gasteiger partial charge in [0.05, 0.1) is 12.7 Å². The lowest BCUT2D eigenvalue weighted by molar-refractivity contribution is -0.139. The Morgan fingerprint density at radius 2 is 1.93 bits per heavy atom. The molecule has 0 bridgehead atoms. The highest BCUT2D eigenvalue weighted by molar-refractivity contribution is 8.00. The van der Waals surface area contributed by atoms with Gasteiger partial charge in [0.15, 0.2) is 0 Å². The SMILES string of the molecule is COC(=O)C(C)Sc1ccccc1C(=O)NCCCN1CC(C)CC(C)C1. The molecule has 0 saturated carbocycles. The molecule has 1 aliphatic heterocycles. The van der Waals surface area contributed by atoms with Gasteiger partial charge < -0.3 is 15.0 Å². The maximum absolute atomic E-state index is 12.6. The van der Waals surface area contributed by atoms with Gasteiger partial charge in [-0.05, 0) is 50.3 Å². The predicted molar refractivity (Wildman–Crippen MR) is 110 cm³/mol. The monoisotopic (exact) mass is 392 g/mol. The average molecular weight is 393 g/mol. The molecular weight excluding hydrogens is 360 g/mol. The molecule has 0 radical (unpaired) electrons. The lowest BCUT2D eigenvalue weighted by Crippen LogP contribution is -2.40. The fourth-order valence-corrected chi connectivity index (χ4v) is 4.75. The number of esters is 1. The number of nitrogens with zero attached hydrogens (tertiary/aromatic N) is 1. The fourth-order valence-electron chi connectivity index (χ4n) is 3.74. The molecule has 5 nitrogen and oxygen atoms in total. The summed E-state index contributed by atoms with van der Waals surface area (Å²) >= 11 is 1.35. The van der Waals surface area contributed by atoms with E-state index in [1.54, 1.807) is 13.0 Å². The Morgan fingerprint density at radius 3 is 2.59 bits per heavy atom. The maximum Gasteiger partial charge on any atom is 0.318 e. The third kappa shape index (κ3) is 6.85. The van der Waals surface area contributed by atoms with Gasteiger partial charge in [0, 0.05) is 24.5 Å². The summed E-state index contributed by atoms with van der Waals surface area (Å²) in [7, 11) is 1.38. The van der Waals surface area contributed by atoms with Crippen LogP contribution in [0.2, 0.25) is 0 Å². The lowest BCUT2D eigenvalue weighted by Gasteiger charge is -2.34. The van der Waals surface area contributed by atoms with Crippen LogP contribution in [-0.4, -0.2) is 55.3 Å². The van der Waals surface area contributed by atoms with Gasteiger partial charge in [-0.1, -0.05) is 26.0 Å². The number of rotatable bonds is 8. The second kappa shape index (κ2) is 10.7. The largest absolute Gasteiger partial charge is 0.468 e. The first kappa shape index (κ1) is 21.8. The molecule has 1 fully saturated rings. The molecule has 6 heteroatoms. The van der Waals surface area contributed by atoms with Crippen LogP contribution in [0.4, 0.5) is 0 Å². The number of benzene rings is 1. The molecule has 1 aliphatic rings. The van der Waals surface area contributed by atoms with E-state index in [0.29, 0.717) is 12.1 Å². The normalized spacial score (nSPS) is 21.5. The van der Waals surface area contributed by atoms with Gasteiger partial charge >= 0.3 is 5.97 Å². The van der Waals surface area contributed by atoms with Gasteiger partial charge in [0.2, 0.25) is 0 Å². The molecule has 3 atom stereocenters. The highest BCUT2D eigenvalue weighted by atomic mass is 32.2. The zero-order valence-corrected chi connectivity index (χ0v) is 17.7. The number of carbonyl (C=O) groups is 2. The van der Waals surface area contributed by atoms with Crippen molar-refractivity contribution in [1.29, 1.82) is 0 Å². The zero-order valence-electron chi connectivity index (χ0n) is 16.9. The van der Waals surface area contributed by atoms with Crippen molar-refractivity contribution in [1.82, 2.24) is 10.2 Å². The van der Waals surface area contributed by atoms with E-state index in [2.05, 4.69) is 24.1 Å². The summed E-state index contributed by atoms with van der Waals surface area (Å²) in [6.45, 7) is 10.4. The number of thioether (sulfide) groups is 1. The number of hydrogen-bond donors (Lipinski definition) is 1. The highest BCUT2D eigenvalue weighted by Gasteiger charge is 2.21. The van der Waals surface area contributed by atoms with Crippen molar-refractivity contribution in [2.45, 2.75) is 43.8 Å². The first-order valence-electron chi connectivity index (χ1n) is 9.74. The van der Waals surface area contributed by atoms with Gasteiger partial charge in [-0.15, -0.1) is 11.8 Å². The molecule has 1 amide bonds. The third-order valence-electron chi connectivity index (χ3n) is 4.85. The summed E-state index contributed by atoms with van der Waals surface area (Å²) in [6.07, 6.45) is 2.25. The minimum Gasteiger partial charge on any atom is -0.468 e.